The van der Waals surface area contributed by atoms with Crippen LogP contribution in [0.2, 0.25) is 0 Å². The van der Waals surface area contributed by atoms with E-state index >= 15 is 0 Å². The number of likely N-dealkylation sites (tertiary alicyclic amines) is 1. The van der Waals surface area contributed by atoms with Gasteiger partial charge in [-0.3, -0.25) is 9.78 Å². The molecule has 204 valence electrons. The van der Waals surface area contributed by atoms with Crippen LogP contribution >= 0.6 is 15.9 Å². The van der Waals surface area contributed by atoms with E-state index < -0.39 is 11.5 Å². The zero-order chi connectivity index (χ0) is 27.6. The average Bonchev–Trinajstić information content (AvgIpc) is 3.40. The van der Waals surface area contributed by atoms with E-state index in [1.807, 2.05) is 48.7 Å². The molecule has 1 aromatic carbocycles. The summed E-state index contributed by atoms with van der Waals surface area (Å²) in [5.74, 6) is 0.134. The highest BCUT2D eigenvalue weighted by atomic mass is 79.9. The Balaban J connectivity index is 1.39. The third-order valence-electron chi connectivity index (χ3n) is 7.13. The number of halogens is 1. The Labute approximate surface area is 234 Å². The Hall–Kier alpha value is -3.38. The molecule has 4 aromatic rings. The number of carbonyl (C=O) groups excluding carboxylic acids is 1. The molecule has 0 saturated carbocycles. The van der Waals surface area contributed by atoms with Crippen LogP contribution in [0.3, 0.4) is 0 Å². The highest BCUT2D eigenvalue weighted by Gasteiger charge is 2.41. The summed E-state index contributed by atoms with van der Waals surface area (Å²) in [5, 5.41) is 15.3. The molecule has 11 heteroatoms. The molecule has 1 aliphatic rings. The second kappa shape index (κ2) is 11.4. The van der Waals surface area contributed by atoms with Crippen LogP contribution in [-0.2, 0) is 14.3 Å². The average molecular weight is 595 g/mol. The van der Waals surface area contributed by atoms with E-state index in [2.05, 4.69) is 26.0 Å². The molecule has 3 aromatic heterocycles. The van der Waals surface area contributed by atoms with Crippen molar-refractivity contribution < 1.29 is 19.4 Å². The van der Waals surface area contributed by atoms with E-state index in [4.69, 9.17) is 20.2 Å². The SMILES string of the molecule is COCC(O)(COC)C(=O)N1CCC(c2nc3c(-c4ccc(-c5ccccc5)nc4)cnn3c(N)c2Br)CC1. The number of aromatic nitrogens is 4. The second-order valence-corrected chi connectivity index (χ2v) is 10.5. The summed E-state index contributed by atoms with van der Waals surface area (Å²) in [4.78, 5) is 24.4. The van der Waals surface area contributed by atoms with Crippen LogP contribution in [0.4, 0.5) is 5.82 Å². The smallest absolute Gasteiger partial charge is 0.259 e. The van der Waals surface area contributed by atoms with E-state index in [0.717, 1.165) is 28.1 Å². The van der Waals surface area contributed by atoms with Crippen molar-refractivity contribution >= 4 is 33.3 Å². The first-order valence-electron chi connectivity index (χ1n) is 12.7. The lowest BCUT2D eigenvalue weighted by atomic mass is 9.91. The van der Waals surface area contributed by atoms with Gasteiger partial charge < -0.3 is 25.2 Å². The van der Waals surface area contributed by atoms with Crippen LogP contribution in [0.15, 0.2) is 59.3 Å². The number of nitrogen functional groups attached to an aromatic ring is 1. The molecule has 1 fully saturated rings. The highest BCUT2D eigenvalue weighted by Crippen LogP contribution is 2.37. The zero-order valence-corrected chi connectivity index (χ0v) is 23.5. The van der Waals surface area contributed by atoms with Crippen LogP contribution < -0.4 is 5.73 Å². The first-order chi connectivity index (χ1) is 18.9. The highest BCUT2D eigenvalue weighted by molar-refractivity contribution is 9.10. The summed E-state index contributed by atoms with van der Waals surface area (Å²) in [5.41, 5.74) is 9.90. The third-order valence-corrected chi connectivity index (χ3v) is 7.94. The maximum atomic E-state index is 13.1. The normalized spacial score (nSPS) is 14.7. The van der Waals surface area contributed by atoms with Crippen LogP contribution in [0, 0.1) is 0 Å². The van der Waals surface area contributed by atoms with Gasteiger partial charge in [0, 0.05) is 56.1 Å². The number of amides is 1. The summed E-state index contributed by atoms with van der Waals surface area (Å²) >= 11 is 3.64. The number of ether oxygens (including phenoxy) is 2. The molecule has 5 rings (SSSR count). The Morgan fingerprint density at radius 3 is 2.38 bits per heavy atom. The first kappa shape index (κ1) is 27.2. The lowest BCUT2D eigenvalue weighted by molar-refractivity contribution is -0.164. The molecule has 0 bridgehead atoms. The fourth-order valence-electron chi connectivity index (χ4n) is 5.11. The lowest BCUT2D eigenvalue weighted by Crippen LogP contribution is -2.56. The van der Waals surface area contributed by atoms with Crippen molar-refractivity contribution in [2.75, 3.05) is 46.3 Å². The molecule has 4 heterocycles. The minimum Gasteiger partial charge on any atom is -0.383 e. The monoisotopic (exact) mass is 594 g/mol. The maximum Gasteiger partial charge on any atom is 0.259 e. The molecule has 3 N–H and O–H groups in total. The van der Waals surface area contributed by atoms with Crippen LogP contribution in [0.1, 0.15) is 24.5 Å². The van der Waals surface area contributed by atoms with Gasteiger partial charge >= 0.3 is 0 Å². The first-order valence-corrected chi connectivity index (χ1v) is 13.5. The van der Waals surface area contributed by atoms with Crippen LogP contribution in [0.5, 0.6) is 0 Å². The molecule has 0 aliphatic carbocycles. The summed E-state index contributed by atoms with van der Waals surface area (Å²) in [6.45, 7) is 0.668. The molecule has 39 heavy (non-hydrogen) atoms. The molecule has 1 saturated heterocycles. The number of fused-ring (bicyclic) bond motifs is 1. The van der Waals surface area contributed by atoms with Crippen molar-refractivity contribution in [3.05, 3.63) is 65.0 Å². The van der Waals surface area contributed by atoms with Crippen molar-refractivity contribution in [2.24, 2.45) is 0 Å². The summed E-state index contributed by atoms with van der Waals surface area (Å²) in [6, 6.07) is 14.0. The minimum absolute atomic E-state index is 0.0648. The topological polar surface area (TPSA) is 128 Å². The predicted molar refractivity (Wildman–Crippen MR) is 151 cm³/mol. The van der Waals surface area contributed by atoms with Crippen molar-refractivity contribution in [1.29, 1.82) is 0 Å². The van der Waals surface area contributed by atoms with Crippen molar-refractivity contribution in [3.63, 3.8) is 0 Å². The molecular formula is C28H31BrN6O4. The summed E-state index contributed by atoms with van der Waals surface area (Å²) in [6.07, 6.45) is 4.91. The van der Waals surface area contributed by atoms with Gasteiger partial charge in [0.1, 0.15) is 5.82 Å². The number of nitrogens with two attached hydrogens (primary N) is 1. The standard InChI is InChI=1S/C28H31BrN6O4/c1-38-16-28(37,17-39-2)27(36)34-12-10-19(11-13-34)24-23(29)25(30)35-26(33-24)21(15-32-35)20-8-9-22(31-14-20)18-6-4-3-5-7-18/h3-9,14-15,19,37H,10-13,16-17,30H2,1-2H3. The molecule has 0 radical (unpaired) electrons. The van der Waals surface area contributed by atoms with Gasteiger partial charge in [-0.15, -0.1) is 0 Å². The quantitative estimate of drug-likeness (QED) is 0.317. The predicted octanol–water partition coefficient (Wildman–Crippen LogP) is 3.53. The van der Waals surface area contributed by atoms with Crippen LogP contribution in [0.25, 0.3) is 28.0 Å². The number of nitrogens with zero attached hydrogens (tertiary/aromatic N) is 5. The number of anilines is 1. The van der Waals surface area contributed by atoms with E-state index in [1.54, 1.807) is 15.6 Å². The molecule has 1 aliphatic heterocycles. The molecule has 0 unspecified atom stereocenters. The van der Waals surface area contributed by atoms with E-state index in [9.17, 15) is 9.90 Å². The number of benzene rings is 1. The molecule has 1 amide bonds. The number of hydrogen-bond acceptors (Lipinski definition) is 8. The number of pyridine rings is 1. The number of piperidine rings is 1. The van der Waals surface area contributed by atoms with Crippen LogP contribution in [-0.4, -0.2) is 81.6 Å². The second-order valence-electron chi connectivity index (χ2n) is 9.75. The minimum atomic E-state index is -1.71. The Morgan fingerprint density at radius 2 is 1.77 bits per heavy atom. The fourth-order valence-corrected chi connectivity index (χ4v) is 5.69. The summed E-state index contributed by atoms with van der Waals surface area (Å²) < 4.78 is 12.5. The molecule has 0 atom stereocenters. The van der Waals surface area contributed by atoms with E-state index in [0.29, 0.717) is 41.9 Å². The number of carbonyl (C=O) groups is 1. The van der Waals surface area contributed by atoms with Gasteiger partial charge in [-0.05, 0) is 34.8 Å². The van der Waals surface area contributed by atoms with Crippen molar-refractivity contribution in [3.8, 4) is 22.4 Å². The van der Waals surface area contributed by atoms with Gasteiger partial charge in [-0.2, -0.15) is 9.61 Å². The van der Waals surface area contributed by atoms with Gasteiger partial charge in [-0.1, -0.05) is 36.4 Å². The van der Waals surface area contributed by atoms with Gasteiger partial charge in [0.25, 0.3) is 5.91 Å². The Bertz CT molecular complexity index is 1450. The fraction of sp³-hybridized carbons (Fsp3) is 0.357. The van der Waals surface area contributed by atoms with Crippen molar-refractivity contribution in [1.82, 2.24) is 24.5 Å². The number of aliphatic hydroxyl groups is 1. The van der Waals surface area contributed by atoms with Gasteiger partial charge in [0.05, 0.1) is 35.3 Å². The zero-order valence-electron chi connectivity index (χ0n) is 21.9. The number of hydrogen-bond donors (Lipinski definition) is 2. The number of rotatable bonds is 8. The molecular weight excluding hydrogens is 564 g/mol. The molecule has 10 nitrogen and oxygen atoms in total. The van der Waals surface area contributed by atoms with E-state index in [1.165, 1.54) is 14.2 Å². The molecule has 0 spiro atoms. The number of methoxy groups -OCH3 is 2. The third kappa shape index (κ3) is 5.27. The van der Waals surface area contributed by atoms with Gasteiger partial charge in [-0.25, -0.2) is 4.98 Å². The Kier molecular flexibility index (Phi) is 7.94. The van der Waals surface area contributed by atoms with Gasteiger partial charge in [0.15, 0.2) is 11.2 Å². The maximum absolute atomic E-state index is 13.1. The summed E-state index contributed by atoms with van der Waals surface area (Å²) in [7, 11) is 2.89. The Morgan fingerprint density at radius 1 is 1.08 bits per heavy atom. The van der Waals surface area contributed by atoms with Crippen molar-refractivity contribution in [2.45, 2.75) is 24.4 Å². The largest absolute Gasteiger partial charge is 0.383 e. The van der Waals surface area contributed by atoms with E-state index in [-0.39, 0.29) is 19.1 Å². The lowest BCUT2D eigenvalue weighted by Gasteiger charge is -2.37. The van der Waals surface area contributed by atoms with Gasteiger partial charge in [0.2, 0.25) is 0 Å².